The molecule has 0 unspecified atom stereocenters. The van der Waals surface area contributed by atoms with E-state index in [1.54, 1.807) is 0 Å². The van der Waals surface area contributed by atoms with Crippen molar-refractivity contribution in [1.29, 1.82) is 0 Å². The summed E-state index contributed by atoms with van der Waals surface area (Å²) in [6.07, 6.45) is -5.53. The number of aliphatic carboxylic acids is 2. The largest absolute Gasteiger partial charge is 0.477 e. The van der Waals surface area contributed by atoms with Crippen LogP contribution in [-0.2, 0) is 23.9 Å². The fraction of sp³-hybridized carbons (Fsp3) is 0.600. The Labute approximate surface area is 131 Å². The SMILES string of the molecule is O=C(CC(F)(F)C(F)(F)C(=O)O)OC(=O)CC(F)(F)C(F)(F)C(=O)O. The first-order valence-electron chi connectivity index (χ1n) is 5.60. The van der Waals surface area contributed by atoms with Gasteiger partial charge in [0.25, 0.3) is 0 Å². The van der Waals surface area contributed by atoms with Crippen LogP contribution in [0.1, 0.15) is 12.8 Å². The van der Waals surface area contributed by atoms with Gasteiger partial charge in [0, 0.05) is 0 Å². The van der Waals surface area contributed by atoms with Crippen LogP contribution in [0.25, 0.3) is 0 Å². The summed E-state index contributed by atoms with van der Waals surface area (Å²) in [5, 5.41) is 15.8. The van der Waals surface area contributed by atoms with Crippen molar-refractivity contribution < 1.29 is 69.3 Å². The third-order valence-electron chi connectivity index (χ3n) is 2.42. The number of carboxylic acid groups (broad SMARTS) is 2. The van der Waals surface area contributed by atoms with Crippen LogP contribution in [0.2, 0.25) is 0 Å². The molecule has 7 nitrogen and oxygen atoms in total. The number of ether oxygens (including phenoxy) is 1. The highest BCUT2D eigenvalue weighted by atomic mass is 19.3. The predicted molar refractivity (Wildman–Crippen MR) is 55.4 cm³/mol. The monoisotopic (exact) mass is 390 g/mol. The Morgan fingerprint density at radius 2 is 0.880 bits per heavy atom. The Bertz CT molecular complexity index is 536. The molecule has 2 N–H and O–H groups in total. The smallest absolute Gasteiger partial charge is 0.404 e. The van der Waals surface area contributed by atoms with Crippen LogP contribution in [0, 0.1) is 0 Å². The molecule has 15 heteroatoms. The number of hydrogen-bond acceptors (Lipinski definition) is 5. The third kappa shape index (κ3) is 4.76. The molecule has 0 fully saturated rings. The number of hydrogen-bond donors (Lipinski definition) is 2. The van der Waals surface area contributed by atoms with Gasteiger partial charge in [-0.15, -0.1) is 0 Å². The molecule has 0 rings (SSSR count). The van der Waals surface area contributed by atoms with Crippen molar-refractivity contribution in [3.63, 3.8) is 0 Å². The molecule has 0 aromatic carbocycles. The lowest BCUT2D eigenvalue weighted by Crippen LogP contribution is -2.49. The lowest BCUT2D eigenvalue weighted by molar-refractivity contribution is -0.230. The fourth-order valence-corrected chi connectivity index (χ4v) is 1.10. The Morgan fingerprint density at radius 3 is 1.08 bits per heavy atom. The maximum Gasteiger partial charge on any atom is 0.404 e. The van der Waals surface area contributed by atoms with Gasteiger partial charge >= 0.3 is 47.6 Å². The van der Waals surface area contributed by atoms with E-state index in [-0.39, 0.29) is 0 Å². The highest BCUT2D eigenvalue weighted by Crippen LogP contribution is 2.39. The van der Waals surface area contributed by atoms with E-state index >= 15 is 0 Å². The summed E-state index contributed by atoms with van der Waals surface area (Å²) >= 11 is 0. The molecule has 0 aromatic heterocycles. The Balaban J connectivity index is 5.02. The summed E-state index contributed by atoms with van der Waals surface area (Å²) in [7, 11) is 0. The average Bonchev–Trinajstić information content (AvgIpc) is 2.35. The molecule has 0 aliphatic heterocycles. The van der Waals surface area contributed by atoms with Crippen LogP contribution in [-0.4, -0.2) is 57.8 Å². The molecule has 0 spiro atoms. The van der Waals surface area contributed by atoms with Crippen LogP contribution in [0.3, 0.4) is 0 Å². The van der Waals surface area contributed by atoms with Gasteiger partial charge in [-0.25, -0.2) is 9.59 Å². The number of alkyl halides is 8. The molecular formula is C10H6F8O7. The van der Waals surface area contributed by atoms with Crippen molar-refractivity contribution in [3.8, 4) is 0 Å². The second kappa shape index (κ2) is 6.79. The minimum Gasteiger partial charge on any atom is -0.477 e. The summed E-state index contributed by atoms with van der Waals surface area (Å²) in [6, 6.07) is 0. The lowest BCUT2D eigenvalue weighted by Gasteiger charge is -2.23. The summed E-state index contributed by atoms with van der Waals surface area (Å²) in [6.45, 7) is 0. The summed E-state index contributed by atoms with van der Waals surface area (Å²) in [5.41, 5.74) is 0. The van der Waals surface area contributed by atoms with Crippen LogP contribution in [0.5, 0.6) is 0 Å². The predicted octanol–water partition coefficient (Wildman–Crippen LogP) is 1.55. The third-order valence-corrected chi connectivity index (χ3v) is 2.42. The number of rotatable bonds is 8. The Morgan fingerprint density at radius 1 is 0.640 bits per heavy atom. The molecule has 0 aliphatic rings. The van der Waals surface area contributed by atoms with Gasteiger partial charge in [-0.3, -0.25) is 9.59 Å². The number of carbonyl (C=O) groups is 4. The van der Waals surface area contributed by atoms with E-state index in [4.69, 9.17) is 10.2 Å². The van der Waals surface area contributed by atoms with Crippen molar-refractivity contribution in [2.24, 2.45) is 0 Å². The fourth-order valence-electron chi connectivity index (χ4n) is 1.10. The molecule has 0 atom stereocenters. The molecule has 0 radical (unpaired) electrons. The molecule has 0 amide bonds. The van der Waals surface area contributed by atoms with Crippen molar-refractivity contribution >= 4 is 23.9 Å². The summed E-state index contributed by atoms with van der Waals surface area (Å²) < 4.78 is 105. The maximum absolute atomic E-state index is 12.9. The van der Waals surface area contributed by atoms with Crippen LogP contribution in [0.15, 0.2) is 0 Å². The second-order valence-corrected chi connectivity index (χ2v) is 4.37. The van der Waals surface area contributed by atoms with Gasteiger partial charge in [-0.05, 0) is 0 Å². The van der Waals surface area contributed by atoms with Crippen LogP contribution < -0.4 is 0 Å². The molecule has 0 saturated heterocycles. The van der Waals surface area contributed by atoms with E-state index in [0.717, 1.165) is 0 Å². The highest BCUT2D eigenvalue weighted by molar-refractivity contribution is 5.88. The van der Waals surface area contributed by atoms with Gasteiger partial charge in [-0.1, -0.05) is 0 Å². The first-order valence-corrected chi connectivity index (χ1v) is 5.60. The topological polar surface area (TPSA) is 118 Å². The van der Waals surface area contributed by atoms with Gasteiger partial charge in [0.15, 0.2) is 0 Å². The lowest BCUT2D eigenvalue weighted by atomic mass is 10.1. The summed E-state index contributed by atoms with van der Waals surface area (Å²) in [4.78, 5) is 41.5. The Hall–Kier alpha value is -2.48. The molecule has 144 valence electrons. The van der Waals surface area contributed by atoms with Gasteiger partial charge in [0.1, 0.15) is 12.8 Å². The quantitative estimate of drug-likeness (QED) is 0.367. The number of carbonyl (C=O) groups excluding carboxylic acids is 2. The molecular weight excluding hydrogens is 384 g/mol. The number of esters is 2. The second-order valence-electron chi connectivity index (χ2n) is 4.37. The zero-order chi connectivity index (χ0) is 20.4. The first kappa shape index (κ1) is 22.5. The van der Waals surface area contributed by atoms with Crippen LogP contribution >= 0.6 is 0 Å². The van der Waals surface area contributed by atoms with Gasteiger partial charge in [0.05, 0.1) is 0 Å². The Kier molecular flexibility index (Phi) is 6.12. The molecule has 0 aliphatic carbocycles. The molecule has 0 aromatic rings. The van der Waals surface area contributed by atoms with Gasteiger partial charge < -0.3 is 14.9 Å². The van der Waals surface area contributed by atoms with E-state index in [1.165, 1.54) is 0 Å². The van der Waals surface area contributed by atoms with E-state index < -0.39 is 60.4 Å². The molecule has 0 heterocycles. The highest BCUT2D eigenvalue weighted by Gasteiger charge is 2.65. The standard InChI is InChI=1S/C10H6F8O7/c11-7(12,9(15,16)5(21)22)1-3(19)25-4(20)2-8(13,14)10(17,18)6(23)24/h1-2H2,(H,21,22)(H,23,24). The van der Waals surface area contributed by atoms with E-state index in [9.17, 15) is 54.3 Å². The molecule has 0 saturated carbocycles. The van der Waals surface area contributed by atoms with E-state index in [1.807, 2.05) is 0 Å². The normalized spacial score (nSPS) is 13.3. The molecule has 0 bridgehead atoms. The van der Waals surface area contributed by atoms with Gasteiger partial charge in [0.2, 0.25) is 0 Å². The first-order chi connectivity index (χ1) is 10.9. The van der Waals surface area contributed by atoms with E-state index in [2.05, 4.69) is 4.74 Å². The number of carboxylic acids is 2. The van der Waals surface area contributed by atoms with Crippen molar-refractivity contribution in [2.45, 2.75) is 36.5 Å². The summed E-state index contributed by atoms with van der Waals surface area (Å²) in [5.74, 6) is -34.8. The van der Waals surface area contributed by atoms with Gasteiger partial charge in [-0.2, -0.15) is 35.1 Å². The van der Waals surface area contributed by atoms with Crippen molar-refractivity contribution in [1.82, 2.24) is 0 Å². The molecule has 25 heavy (non-hydrogen) atoms. The zero-order valence-corrected chi connectivity index (χ0v) is 11.4. The van der Waals surface area contributed by atoms with E-state index in [0.29, 0.717) is 0 Å². The maximum atomic E-state index is 12.9. The average molecular weight is 390 g/mol. The number of halogens is 8. The van der Waals surface area contributed by atoms with Crippen molar-refractivity contribution in [3.05, 3.63) is 0 Å². The zero-order valence-electron chi connectivity index (χ0n) is 11.4. The van der Waals surface area contributed by atoms with Crippen molar-refractivity contribution in [2.75, 3.05) is 0 Å². The minimum atomic E-state index is -5.80. The van der Waals surface area contributed by atoms with Crippen LogP contribution in [0.4, 0.5) is 35.1 Å². The minimum absolute atomic E-state index is 2.63.